The van der Waals surface area contributed by atoms with Gasteiger partial charge in [0.15, 0.2) is 0 Å². The molecule has 0 spiro atoms. The molecule has 86 valence electrons. The Morgan fingerprint density at radius 3 is 3.06 bits per heavy atom. The van der Waals surface area contributed by atoms with Crippen LogP contribution in [0, 0.1) is 0 Å². The quantitative estimate of drug-likeness (QED) is 0.754. The van der Waals surface area contributed by atoms with Gasteiger partial charge in [0.05, 0.1) is 5.69 Å². The molecule has 0 radical (unpaired) electrons. The molecule has 1 aromatic carbocycles. The molecule has 4 nitrogen and oxygen atoms in total. The molecule has 2 rings (SSSR count). The lowest BCUT2D eigenvalue weighted by Gasteiger charge is -2.32. The van der Waals surface area contributed by atoms with E-state index in [0.717, 1.165) is 17.7 Å². The Morgan fingerprint density at radius 2 is 2.31 bits per heavy atom. The number of hydrogen-bond donors (Lipinski definition) is 2. The molecule has 3 N–H and O–H groups in total. The third-order valence-corrected chi connectivity index (χ3v) is 2.86. The van der Waals surface area contributed by atoms with E-state index in [1.54, 1.807) is 4.90 Å². The van der Waals surface area contributed by atoms with Crippen molar-refractivity contribution in [3.05, 3.63) is 29.8 Å². The topological polar surface area (TPSA) is 58.4 Å². The summed E-state index contributed by atoms with van der Waals surface area (Å²) in [5.74, 6) is 0. The summed E-state index contributed by atoms with van der Waals surface area (Å²) < 4.78 is 0. The first-order chi connectivity index (χ1) is 7.74. The van der Waals surface area contributed by atoms with Crippen molar-refractivity contribution in [3.8, 4) is 0 Å². The Kier molecular flexibility index (Phi) is 3.10. The van der Waals surface area contributed by atoms with E-state index in [4.69, 9.17) is 5.73 Å². The van der Waals surface area contributed by atoms with E-state index in [-0.39, 0.29) is 12.1 Å². The summed E-state index contributed by atoms with van der Waals surface area (Å²) in [6, 6.07) is 7.83. The zero-order valence-corrected chi connectivity index (χ0v) is 9.44. The van der Waals surface area contributed by atoms with Gasteiger partial charge in [-0.1, -0.05) is 18.2 Å². The summed E-state index contributed by atoms with van der Waals surface area (Å²) >= 11 is 0. The van der Waals surface area contributed by atoms with Crippen molar-refractivity contribution >= 4 is 11.7 Å². The van der Waals surface area contributed by atoms with Gasteiger partial charge in [0.2, 0.25) is 0 Å². The predicted octanol–water partition coefficient (Wildman–Crippen LogP) is 1.63. The van der Waals surface area contributed by atoms with Gasteiger partial charge in [0.25, 0.3) is 0 Å². The average Bonchev–Trinajstić information content (AvgIpc) is 2.30. The van der Waals surface area contributed by atoms with Gasteiger partial charge >= 0.3 is 6.03 Å². The van der Waals surface area contributed by atoms with Crippen LogP contribution >= 0.6 is 0 Å². The second-order valence-electron chi connectivity index (χ2n) is 3.94. The van der Waals surface area contributed by atoms with Gasteiger partial charge in [0, 0.05) is 19.1 Å². The Bertz CT molecular complexity index is 392. The molecular formula is C12H17N3O. The van der Waals surface area contributed by atoms with Crippen LogP contribution in [0.1, 0.15) is 24.9 Å². The minimum atomic E-state index is -0.0400. The number of amides is 2. The zero-order valence-electron chi connectivity index (χ0n) is 9.44. The molecule has 1 unspecified atom stereocenters. The summed E-state index contributed by atoms with van der Waals surface area (Å²) in [4.78, 5) is 13.6. The molecule has 1 aliphatic heterocycles. The predicted molar refractivity (Wildman–Crippen MR) is 64.4 cm³/mol. The summed E-state index contributed by atoms with van der Waals surface area (Å²) in [6.07, 6.45) is 0.814. The van der Waals surface area contributed by atoms with Crippen molar-refractivity contribution < 1.29 is 4.79 Å². The summed E-state index contributed by atoms with van der Waals surface area (Å²) in [7, 11) is 0. The van der Waals surface area contributed by atoms with Crippen LogP contribution in [-0.4, -0.2) is 19.1 Å². The largest absolute Gasteiger partial charge is 0.338 e. The van der Waals surface area contributed by atoms with Crippen LogP contribution in [0.15, 0.2) is 24.3 Å². The monoisotopic (exact) mass is 219 g/mol. The minimum Gasteiger partial charge on any atom is -0.338 e. The molecule has 1 atom stereocenters. The summed E-state index contributed by atoms with van der Waals surface area (Å²) in [6.45, 7) is 3.24. The number of carbonyl (C=O) groups is 1. The number of urea groups is 1. The van der Waals surface area contributed by atoms with E-state index < -0.39 is 0 Å². The van der Waals surface area contributed by atoms with E-state index in [1.807, 2.05) is 31.2 Å². The number of rotatable bonds is 1. The van der Waals surface area contributed by atoms with Crippen LogP contribution < -0.4 is 16.0 Å². The zero-order chi connectivity index (χ0) is 11.5. The van der Waals surface area contributed by atoms with Crippen LogP contribution in [0.2, 0.25) is 0 Å². The third kappa shape index (κ3) is 1.88. The molecule has 0 fully saturated rings. The van der Waals surface area contributed by atoms with Gasteiger partial charge in [-0.3, -0.25) is 4.90 Å². The lowest BCUT2D eigenvalue weighted by Crippen LogP contribution is -2.44. The smallest absolute Gasteiger partial charge is 0.321 e. The highest BCUT2D eigenvalue weighted by Crippen LogP contribution is 2.31. The van der Waals surface area contributed by atoms with Crippen molar-refractivity contribution in [2.24, 2.45) is 5.73 Å². The van der Waals surface area contributed by atoms with Crippen molar-refractivity contribution in [1.82, 2.24) is 5.32 Å². The maximum atomic E-state index is 11.8. The fourth-order valence-electron chi connectivity index (χ4n) is 2.05. The molecule has 1 aromatic rings. The summed E-state index contributed by atoms with van der Waals surface area (Å²) in [5.41, 5.74) is 8.02. The Labute approximate surface area is 95.4 Å². The van der Waals surface area contributed by atoms with Crippen molar-refractivity contribution in [1.29, 1.82) is 0 Å². The lowest BCUT2D eigenvalue weighted by atomic mass is 9.97. The molecule has 0 saturated heterocycles. The first-order valence-corrected chi connectivity index (χ1v) is 5.64. The number of para-hydroxylation sites is 1. The minimum absolute atomic E-state index is 0.0400. The fraction of sp³-hybridized carbons (Fsp3) is 0.417. The van der Waals surface area contributed by atoms with Gasteiger partial charge in [-0.05, 0) is 25.0 Å². The highest BCUT2D eigenvalue weighted by atomic mass is 16.2. The van der Waals surface area contributed by atoms with Crippen molar-refractivity contribution in [2.45, 2.75) is 19.4 Å². The second-order valence-corrected chi connectivity index (χ2v) is 3.94. The number of carbonyl (C=O) groups excluding carboxylic acids is 1. The van der Waals surface area contributed by atoms with E-state index in [9.17, 15) is 4.79 Å². The number of hydrogen-bond acceptors (Lipinski definition) is 2. The SMILES string of the molecule is CCNC(=O)N1CCC(N)c2ccccc21. The highest BCUT2D eigenvalue weighted by molar-refractivity contribution is 5.93. The lowest BCUT2D eigenvalue weighted by molar-refractivity contribution is 0.246. The van der Waals surface area contributed by atoms with E-state index in [0.29, 0.717) is 13.1 Å². The molecular weight excluding hydrogens is 202 g/mol. The van der Waals surface area contributed by atoms with E-state index in [2.05, 4.69) is 5.32 Å². The molecule has 0 aliphatic carbocycles. The van der Waals surface area contributed by atoms with Crippen molar-refractivity contribution in [2.75, 3.05) is 18.0 Å². The molecule has 0 aromatic heterocycles. The van der Waals surface area contributed by atoms with Crippen LogP contribution in [0.5, 0.6) is 0 Å². The maximum Gasteiger partial charge on any atom is 0.321 e. The number of nitrogens with one attached hydrogen (secondary N) is 1. The van der Waals surface area contributed by atoms with Crippen LogP contribution in [0.25, 0.3) is 0 Å². The molecule has 4 heteroatoms. The molecule has 2 amide bonds. The van der Waals surface area contributed by atoms with Gasteiger partial charge in [0.1, 0.15) is 0 Å². The third-order valence-electron chi connectivity index (χ3n) is 2.86. The van der Waals surface area contributed by atoms with Crippen molar-refractivity contribution in [3.63, 3.8) is 0 Å². The number of anilines is 1. The van der Waals surface area contributed by atoms with Crippen LogP contribution in [0.4, 0.5) is 10.5 Å². The van der Waals surface area contributed by atoms with Crippen LogP contribution in [0.3, 0.4) is 0 Å². The maximum absolute atomic E-state index is 11.8. The van der Waals surface area contributed by atoms with Gasteiger partial charge in [-0.2, -0.15) is 0 Å². The molecule has 16 heavy (non-hydrogen) atoms. The summed E-state index contributed by atoms with van der Waals surface area (Å²) in [5, 5.41) is 2.82. The fourth-order valence-corrected chi connectivity index (χ4v) is 2.05. The first-order valence-electron chi connectivity index (χ1n) is 5.64. The Hall–Kier alpha value is -1.55. The molecule has 1 heterocycles. The Morgan fingerprint density at radius 1 is 1.56 bits per heavy atom. The first kappa shape index (κ1) is 11.0. The van der Waals surface area contributed by atoms with Crippen LogP contribution in [-0.2, 0) is 0 Å². The standard InChI is InChI=1S/C12H17N3O/c1-2-14-12(16)15-8-7-10(13)9-5-3-4-6-11(9)15/h3-6,10H,2,7-8,13H2,1H3,(H,14,16). The molecule has 0 bridgehead atoms. The van der Waals surface area contributed by atoms with Gasteiger partial charge < -0.3 is 11.1 Å². The molecule has 0 saturated carbocycles. The number of nitrogens with two attached hydrogens (primary N) is 1. The van der Waals surface area contributed by atoms with Gasteiger partial charge in [-0.25, -0.2) is 4.79 Å². The van der Waals surface area contributed by atoms with E-state index in [1.165, 1.54) is 0 Å². The number of fused-ring (bicyclic) bond motifs is 1. The average molecular weight is 219 g/mol. The second kappa shape index (κ2) is 4.53. The van der Waals surface area contributed by atoms with E-state index >= 15 is 0 Å². The number of benzene rings is 1. The highest BCUT2D eigenvalue weighted by Gasteiger charge is 2.25. The number of nitrogens with zero attached hydrogens (tertiary/aromatic N) is 1. The normalized spacial score (nSPS) is 19.1. The Balaban J connectivity index is 2.31. The van der Waals surface area contributed by atoms with Gasteiger partial charge in [-0.15, -0.1) is 0 Å². The molecule has 1 aliphatic rings.